The fourth-order valence-corrected chi connectivity index (χ4v) is 3.86. The summed E-state index contributed by atoms with van der Waals surface area (Å²) < 4.78 is 42.2. The lowest BCUT2D eigenvalue weighted by Gasteiger charge is -2.38. The van der Waals surface area contributed by atoms with Crippen molar-refractivity contribution in [3.05, 3.63) is 35.8 Å². The van der Waals surface area contributed by atoms with Crippen molar-refractivity contribution in [1.29, 1.82) is 0 Å². The zero-order chi connectivity index (χ0) is 18.2. The van der Waals surface area contributed by atoms with Crippen molar-refractivity contribution >= 4 is 21.5 Å². The van der Waals surface area contributed by atoms with E-state index in [0.717, 1.165) is 4.88 Å². The molecule has 0 radical (unpaired) electrons. The van der Waals surface area contributed by atoms with Crippen LogP contribution in [0, 0.1) is 0 Å². The van der Waals surface area contributed by atoms with E-state index in [1.54, 1.807) is 18.2 Å². The number of nitrogens with zero attached hydrogens (tertiary/aromatic N) is 1. The van der Waals surface area contributed by atoms with Gasteiger partial charge in [0.2, 0.25) is 11.7 Å². The molecule has 1 aliphatic heterocycles. The Bertz CT molecular complexity index is 825. The van der Waals surface area contributed by atoms with E-state index in [1.807, 2.05) is 5.38 Å². The fourth-order valence-electron chi connectivity index (χ4n) is 2.37. The van der Waals surface area contributed by atoms with Crippen LogP contribution in [-0.4, -0.2) is 63.3 Å². The number of aromatic nitrogens is 1. The second-order valence-electron chi connectivity index (χ2n) is 5.30. The molecule has 0 bridgehead atoms. The summed E-state index contributed by atoms with van der Waals surface area (Å²) in [7, 11) is -4.85. The summed E-state index contributed by atoms with van der Waals surface area (Å²) in [6, 6.07) is 6.68. The summed E-state index contributed by atoms with van der Waals surface area (Å²) in [6.45, 7) is 0. The molecule has 1 unspecified atom stereocenters. The molecule has 5 atom stereocenters. The van der Waals surface area contributed by atoms with E-state index in [9.17, 15) is 23.7 Å². The molecule has 9 nitrogen and oxygen atoms in total. The number of thiophene rings is 1. The second-order valence-corrected chi connectivity index (χ2v) is 7.75. The quantitative estimate of drug-likeness (QED) is 0.524. The Kier molecular flexibility index (Phi) is 5.06. The van der Waals surface area contributed by atoms with Crippen LogP contribution in [0.15, 0.2) is 35.8 Å². The molecule has 1 fully saturated rings. The number of aliphatic hydroxyl groups excluding tert-OH is 3. The van der Waals surface area contributed by atoms with Gasteiger partial charge in [-0.05, 0) is 23.6 Å². The van der Waals surface area contributed by atoms with Crippen molar-refractivity contribution in [1.82, 2.24) is 4.98 Å². The lowest BCUT2D eigenvalue weighted by Crippen LogP contribution is -2.61. The summed E-state index contributed by atoms with van der Waals surface area (Å²) >= 11 is 1.39. The number of pyridine rings is 1. The molecule has 11 heteroatoms. The molecule has 3 rings (SSSR count). The van der Waals surface area contributed by atoms with Gasteiger partial charge in [-0.25, -0.2) is 0 Å². The largest absolute Gasteiger partial charge is 0.460 e. The van der Waals surface area contributed by atoms with Crippen LogP contribution in [0.25, 0.3) is 10.6 Å². The first-order chi connectivity index (χ1) is 11.8. The topological polar surface area (TPSA) is 146 Å². The Labute approximate surface area is 146 Å². The molecule has 0 spiro atoms. The van der Waals surface area contributed by atoms with E-state index in [4.69, 9.17) is 14.0 Å². The van der Waals surface area contributed by atoms with Crippen molar-refractivity contribution in [3.8, 4) is 16.3 Å². The minimum absolute atomic E-state index is 0.173. The third-order valence-electron chi connectivity index (χ3n) is 3.59. The lowest BCUT2D eigenvalue weighted by molar-refractivity contribution is -0.254. The van der Waals surface area contributed by atoms with Crippen molar-refractivity contribution in [2.24, 2.45) is 0 Å². The highest BCUT2D eigenvalue weighted by molar-refractivity contribution is 7.86. The maximum Gasteiger partial charge on any atom is 0.295 e. The van der Waals surface area contributed by atoms with Crippen LogP contribution in [0.5, 0.6) is 5.75 Å². The van der Waals surface area contributed by atoms with Crippen LogP contribution in [-0.2, 0) is 14.9 Å². The van der Waals surface area contributed by atoms with Crippen LogP contribution >= 0.6 is 11.3 Å². The van der Waals surface area contributed by atoms with Crippen LogP contribution < -0.4 is 4.74 Å². The number of ether oxygens (including phenoxy) is 2. The number of aliphatic hydroxyl groups is 3. The van der Waals surface area contributed by atoms with Gasteiger partial charge in [0.15, 0.2) is 0 Å². The highest BCUT2D eigenvalue weighted by Crippen LogP contribution is 2.33. The molecule has 136 valence electrons. The van der Waals surface area contributed by atoms with Crippen molar-refractivity contribution < 1.29 is 37.8 Å². The van der Waals surface area contributed by atoms with Crippen molar-refractivity contribution in [2.75, 3.05) is 0 Å². The molecule has 1 aliphatic rings. The molecule has 4 N–H and O–H groups in total. The normalized spacial score (nSPS) is 30.2. The average Bonchev–Trinajstić information content (AvgIpc) is 3.09. The molecule has 1 saturated heterocycles. The Balaban J connectivity index is 1.90. The highest BCUT2D eigenvalue weighted by atomic mass is 32.2. The zero-order valence-corrected chi connectivity index (χ0v) is 14.2. The Hall–Kier alpha value is -1.60. The van der Waals surface area contributed by atoms with Gasteiger partial charge >= 0.3 is 0 Å². The van der Waals surface area contributed by atoms with Gasteiger partial charge in [-0.1, -0.05) is 6.07 Å². The first-order valence-electron chi connectivity index (χ1n) is 7.10. The Morgan fingerprint density at radius 3 is 2.52 bits per heavy atom. The van der Waals surface area contributed by atoms with Gasteiger partial charge in [-0.2, -0.15) is 8.42 Å². The smallest absolute Gasteiger partial charge is 0.295 e. The number of hydrogen-bond donors (Lipinski definition) is 4. The van der Waals surface area contributed by atoms with Crippen LogP contribution in [0.3, 0.4) is 0 Å². The minimum Gasteiger partial charge on any atom is -0.460 e. The van der Waals surface area contributed by atoms with E-state index in [-0.39, 0.29) is 5.75 Å². The third-order valence-corrected chi connectivity index (χ3v) is 5.44. The molecule has 2 aromatic rings. The molecule has 3 heterocycles. The van der Waals surface area contributed by atoms with Gasteiger partial charge in [0, 0.05) is 6.20 Å². The van der Waals surface area contributed by atoms with Crippen LogP contribution in [0.4, 0.5) is 0 Å². The van der Waals surface area contributed by atoms with E-state index >= 15 is 0 Å². The van der Waals surface area contributed by atoms with Gasteiger partial charge in [0.05, 0.1) is 4.88 Å². The van der Waals surface area contributed by atoms with Gasteiger partial charge < -0.3 is 24.8 Å². The summed E-state index contributed by atoms with van der Waals surface area (Å²) in [5.41, 5.74) is -1.73. The first-order valence-corrected chi connectivity index (χ1v) is 9.49. The van der Waals surface area contributed by atoms with Gasteiger partial charge in [0.25, 0.3) is 10.1 Å². The zero-order valence-electron chi connectivity index (χ0n) is 12.5. The maximum atomic E-state index is 11.3. The van der Waals surface area contributed by atoms with Crippen LogP contribution in [0.1, 0.15) is 0 Å². The third kappa shape index (κ3) is 3.67. The van der Waals surface area contributed by atoms with E-state index < -0.39 is 40.2 Å². The molecule has 0 amide bonds. The molecule has 0 aliphatic carbocycles. The second kappa shape index (κ2) is 6.96. The van der Waals surface area contributed by atoms with Crippen molar-refractivity contribution in [3.63, 3.8) is 0 Å². The standard InChI is InChI=1S/C14H15NO8S2/c16-10-11(17)13(23-14(12(10)18)25(19,20)21)22-7-3-1-5-15-9(7)8-4-2-6-24-8/h1-6,10-14,16-18H,(H,19,20,21)/t10-,11-,12+,13-,14?/m1/s1. The average molecular weight is 389 g/mol. The number of hydrogen-bond acceptors (Lipinski definition) is 9. The molecule has 0 aromatic carbocycles. The van der Waals surface area contributed by atoms with E-state index in [2.05, 4.69) is 4.98 Å². The molecule has 25 heavy (non-hydrogen) atoms. The monoisotopic (exact) mass is 389 g/mol. The lowest BCUT2D eigenvalue weighted by atomic mass is 10.1. The fraction of sp³-hybridized carbons (Fsp3) is 0.357. The molecule has 2 aromatic heterocycles. The van der Waals surface area contributed by atoms with Gasteiger partial charge in [-0.15, -0.1) is 11.3 Å². The van der Waals surface area contributed by atoms with Gasteiger partial charge in [0.1, 0.15) is 29.8 Å². The molecular formula is C14H15NO8S2. The summed E-state index contributed by atoms with van der Waals surface area (Å²) in [6.07, 6.45) is -5.79. The maximum absolute atomic E-state index is 11.3. The summed E-state index contributed by atoms with van der Waals surface area (Å²) in [5.74, 6) is 0.173. The summed E-state index contributed by atoms with van der Waals surface area (Å²) in [4.78, 5) is 4.94. The molecule has 0 saturated carbocycles. The van der Waals surface area contributed by atoms with E-state index in [0.29, 0.717) is 5.69 Å². The predicted molar refractivity (Wildman–Crippen MR) is 86.4 cm³/mol. The van der Waals surface area contributed by atoms with Crippen molar-refractivity contribution in [2.45, 2.75) is 30.0 Å². The summed E-state index contributed by atoms with van der Waals surface area (Å²) in [5, 5.41) is 31.4. The SMILES string of the molecule is O=S(=O)(O)C1O[C@@H](Oc2cccnc2-c2cccs2)[C@H](O)[C@@H](O)[C@@H]1O. The van der Waals surface area contributed by atoms with E-state index in [1.165, 1.54) is 23.6 Å². The Morgan fingerprint density at radius 1 is 1.12 bits per heavy atom. The predicted octanol–water partition coefficient (Wildman–Crippen LogP) is -0.158. The van der Waals surface area contributed by atoms with Gasteiger partial charge in [-0.3, -0.25) is 9.54 Å². The first kappa shape index (κ1) is 18.2. The van der Waals surface area contributed by atoms with Crippen LogP contribution in [0.2, 0.25) is 0 Å². The number of rotatable bonds is 4. The minimum atomic E-state index is -4.85. The highest BCUT2D eigenvalue weighted by Gasteiger charge is 2.50. The Morgan fingerprint density at radius 2 is 1.88 bits per heavy atom. The molecular weight excluding hydrogens is 374 g/mol.